The zero-order chi connectivity index (χ0) is 15.9. The molecule has 1 heterocycles. The van der Waals surface area contributed by atoms with Gasteiger partial charge in [0.2, 0.25) is 0 Å². The Morgan fingerprint density at radius 2 is 1.22 bits per heavy atom. The van der Waals surface area contributed by atoms with E-state index in [1.807, 2.05) is 42.5 Å². The molecule has 23 heavy (non-hydrogen) atoms. The molecular formula is C20H16O3. The minimum absolute atomic E-state index is 0.238. The van der Waals surface area contributed by atoms with Crippen molar-refractivity contribution >= 4 is 0 Å². The lowest BCUT2D eigenvalue weighted by molar-refractivity contribution is 0.312. The van der Waals surface area contributed by atoms with E-state index in [9.17, 15) is 10.2 Å². The third-order valence-electron chi connectivity index (χ3n) is 4.51. The highest BCUT2D eigenvalue weighted by atomic mass is 16.5. The predicted molar refractivity (Wildman–Crippen MR) is 88.0 cm³/mol. The fraction of sp³-hybridized carbons (Fsp3) is 0.100. The quantitative estimate of drug-likeness (QED) is 0.756. The SMILES string of the molecule is Oc1ccc(C2(c3ccc(O)cc3)COc3ccccc32)cc1. The molecule has 3 aromatic carbocycles. The van der Waals surface area contributed by atoms with Crippen LogP contribution in [-0.2, 0) is 5.41 Å². The number of aromatic hydroxyl groups is 2. The highest BCUT2D eigenvalue weighted by molar-refractivity contribution is 5.59. The molecule has 0 saturated heterocycles. The third kappa shape index (κ3) is 2.05. The van der Waals surface area contributed by atoms with Gasteiger partial charge in [-0.2, -0.15) is 0 Å². The zero-order valence-electron chi connectivity index (χ0n) is 12.4. The number of benzene rings is 3. The molecule has 3 heteroatoms. The molecule has 0 unspecified atom stereocenters. The Balaban J connectivity index is 1.99. The van der Waals surface area contributed by atoms with E-state index >= 15 is 0 Å². The monoisotopic (exact) mass is 304 g/mol. The molecule has 4 rings (SSSR count). The summed E-state index contributed by atoms with van der Waals surface area (Å²) in [5.41, 5.74) is 2.74. The molecule has 0 spiro atoms. The van der Waals surface area contributed by atoms with E-state index in [1.165, 1.54) is 0 Å². The van der Waals surface area contributed by atoms with Crippen LogP contribution < -0.4 is 4.74 Å². The summed E-state index contributed by atoms with van der Waals surface area (Å²) < 4.78 is 5.96. The van der Waals surface area contributed by atoms with E-state index in [-0.39, 0.29) is 11.5 Å². The number of phenolic OH excluding ortho intramolecular Hbond substituents is 2. The van der Waals surface area contributed by atoms with Gasteiger partial charge >= 0.3 is 0 Å². The molecule has 0 amide bonds. The first-order chi connectivity index (χ1) is 11.2. The van der Waals surface area contributed by atoms with E-state index in [2.05, 4.69) is 6.07 Å². The van der Waals surface area contributed by atoms with Gasteiger partial charge in [-0.25, -0.2) is 0 Å². The van der Waals surface area contributed by atoms with Crippen LogP contribution in [0.25, 0.3) is 0 Å². The second kappa shape index (κ2) is 5.06. The summed E-state index contributed by atoms with van der Waals surface area (Å²) in [6.07, 6.45) is 0. The zero-order valence-corrected chi connectivity index (χ0v) is 12.4. The molecule has 0 bridgehead atoms. The van der Waals surface area contributed by atoms with Gasteiger partial charge in [0.15, 0.2) is 0 Å². The summed E-state index contributed by atoms with van der Waals surface area (Å²) in [6, 6.07) is 22.5. The number of fused-ring (bicyclic) bond motifs is 1. The largest absolute Gasteiger partial charge is 0.508 e. The van der Waals surface area contributed by atoms with Gasteiger partial charge in [-0.15, -0.1) is 0 Å². The smallest absolute Gasteiger partial charge is 0.123 e. The molecule has 0 aliphatic carbocycles. The molecule has 114 valence electrons. The molecule has 0 atom stereocenters. The number of phenols is 2. The van der Waals surface area contributed by atoms with Crippen molar-refractivity contribution < 1.29 is 14.9 Å². The molecule has 0 fully saturated rings. The van der Waals surface area contributed by atoms with Crippen LogP contribution in [0, 0.1) is 0 Å². The lowest BCUT2D eigenvalue weighted by Gasteiger charge is -2.29. The first-order valence-corrected chi connectivity index (χ1v) is 7.51. The minimum Gasteiger partial charge on any atom is -0.508 e. The average Bonchev–Trinajstić information content (AvgIpc) is 2.97. The normalized spacial score (nSPS) is 15.0. The Labute approximate surface area is 134 Å². The number of hydrogen-bond acceptors (Lipinski definition) is 3. The number of rotatable bonds is 2. The summed E-state index contributed by atoms with van der Waals surface area (Å²) in [6.45, 7) is 0.488. The van der Waals surface area contributed by atoms with Crippen LogP contribution >= 0.6 is 0 Å². The van der Waals surface area contributed by atoms with Crippen molar-refractivity contribution in [1.82, 2.24) is 0 Å². The minimum atomic E-state index is -0.446. The van der Waals surface area contributed by atoms with E-state index in [4.69, 9.17) is 4.74 Å². The predicted octanol–water partition coefficient (Wildman–Crippen LogP) is 3.82. The summed E-state index contributed by atoms with van der Waals surface area (Å²) in [4.78, 5) is 0. The topological polar surface area (TPSA) is 49.7 Å². The Kier molecular flexibility index (Phi) is 3.01. The Hall–Kier alpha value is -2.94. The summed E-state index contributed by atoms with van der Waals surface area (Å²) >= 11 is 0. The molecule has 1 aliphatic rings. The van der Waals surface area contributed by atoms with E-state index < -0.39 is 5.41 Å². The van der Waals surface area contributed by atoms with Crippen molar-refractivity contribution in [3.8, 4) is 17.2 Å². The van der Waals surface area contributed by atoms with Crippen molar-refractivity contribution in [2.45, 2.75) is 5.41 Å². The molecule has 2 N–H and O–H groups in total. The maximum atomic E-state index is 9.62. The van der Waals surface area contributed by atoms with Crippen molar-refractivity contribution in [3.05, 3.63) is 89.5 Å². The van der Waals surface area contributed by atoms with Crippen molar-refractivity contribution in [2.24, 2.45) is 0 Å². The lowest BCUT2D eigenvalue weighted by Crippen LogP contribution is -2.31. The first kappa shape index (κ1) is 13.7. The van der Waals surface area contributed by atoms with Crippen molar-refractivity contribution in [2.75, 3.05) is 6.61 Å². The van der Waals surface area contributed by atoms with E-state index in [1.54, 1.807) is 24.3 Å². The highest BCUT2D eigenvalue weighted by Gasteiger charge is 2.43. The van der Waals surface area contributed by atoms with Gasteiger partial charge in [-0.1, -0.05) is 42.5 Å². The van der Waals surface area contributed by atoms with Crippen molar-refractivity contribution in [1.29, 1.82) is 0 Å². The molecule has 3 aromatic rings. The van der Waals surface area contributed by atoms with Crippen LogP contribution in [0.5, 0.6) is 17.2 Å². The maximum Gasteiger partial charge on any atom is 0.123 e. The number of ether oxygens (including phenoxy) is 1. The fourth-order valence-electron chi connectivity index (χ4n) is 3.35. The second-order valence-electron chi connectivity index (χ2n) is 5.78. The van der Waals surface area contributed by atoms with Gasteiger partial charge in [0, 0.05) is 5.56 Å². The molecule has 0 saturated carbocycles. The van der Waals surface area contributed by atoms with Gasteiger partial charge in [-0.05, 0) is 41.5 Å². The van der Waals surface area contributed by atoms with Gasteiger partial charge in [0.05, 0.1) is 5.41 Å². The van der Waals surface area contributed by atoms with Crippen LogP contribution in [0.4, 0.5) is 0 Å². The van der Waals surface area contributed by atoms with Crippen LogP contribution in [0.15, 0.2) is 72.8 Å². The average molecular weight is 304 g/mol. The summed E-state index contributed by atoms with van der Waals surface area (Å²) in [5, 5.41) is 19.2. The van der Waals surface area contributed by atoms with Gasteiger partial charge in [0.1, 0.15) is 23.9 Å². The molecule has 0 radical (unpaired) electrons. The lowest BCUT2D eigenvalue weighted by atomic mass is 9.71. The van der Waals surface area contributed by atoms with Crippen LogP contribution in [0.3, 0.4) is 0 Å². The van der Waals surface area contributed by atoms with Gasteiger partial charge < -0.3 is 14.9 Å². The Bertz CT molecular complexity index is 790. The first-order valence-electron chi connectivity index (χ1n) is 7.51. The van der Waals surface area contributed by atoms with Crippen LogP contribution in [-0.4, -0.2) is 16.8 Å². The number of hydrogen-bond donors (Lipinski definition) is 2. The Morgan fingerprint density at radius 3 is 1.78 bits per heavy atom. The summed E-state index contributed by atoms with van der Waals surface area (Å²) in [7, 11) is 0. The van der Waals surface area contributed by atoms with Crippen LogP contribution in [0.2, 0.25) is 0 Å². The standard InChI is InChI=1S/C20H16O3/c21-16-9-5-14(6-10-16)20(15-7-11-17(22)12-8-15)13-23-19-4-2-1-3-18(19)20/h1-12,21-22H,13H2. The molecule has 1 aliphatic heterocycles. The fourth-order valence-corrected chi connectivity index (χ4v) is 3.35. The third-order valence-corrected chi connectivity index (χ3v) is 4.51. The van der Waals surface area contributed by atoms with Crippen molar-refractivity contribution in [3.63, 3.8) is 0 Å². The maximum absolute atomic E-state index is 9.62. The molecular weight excluding hydrogens is 288 g/mol. The number of para-hydroxylation sites is 1. The van der Waals surface area contributed by atoms with Gasteiger partial charge in [0.25, 0.3) is 0 Å². The molecule has 3 nitrogen and oxygen atoms in total. The highest BCUT2D eigenvalue weighted by Crippen LogP contribution is 2.48. The second-order valence-corrected chi connectivity index (χ2v) is 5.78. The van der Waals surface area contributed by atoms with Crippen LogP contribution in [0.1, 0.15) is 16.7 Å². The van der Waals surface area contributed by atoms with E-state index in [0.717, 1.165) is 22.4 Å². The van der Waals surface area contributed by atoms with E-state index in [0.29, 0.717) is 6.61 Å². The van der Waals surface area contributed by atoms with Gasteiger partial charge in [-0.3, -0.25) is 0 Å². The molecule has 0 aromatic heterocycles. The summed E-state index contributed by atoms with van der Waals surface area (Å²) in [5.74, 6) is 1.34. The Morgan fingerprint density at radius 1 is 0.696 bits per heavy atom.